The molecule has 0 bridgehead atoms. The van der Waals surface area contributed by atoms with E-state index in [1.807, 2.05) is 48.2 Å². The van der Waals surface area contributed by atoms with Gasteiger partial charge in [-0.05, 0) is 55.7 Å². The first-order valence-electron chi connectivity index (χ1n) is 8.17. The minimum atomic E-state index is 0.00218. The minimum absolute atomic E-state index is 0.00218. The number of ether oxygens (including phenoxy) is 2. The minimum Gasteiger partial charge on any atom is -0.493 e. The molecule has 24 heavy (non-hydrogen) atoms. The molecule has 1 atom stereocenters. The SMILES string of the molecule is COc1cc2c(cc1OC)[C@H](C)N(C(=O)c1ccc(C)cc1)CC2. The predicted molar refractivity (Wildman–Crippen MR) is 93.9 cm³/mol. The molecule has 0 aliphatic carbocycles. The second kappa shape index (κ2) is 6.56. The predicted octanol–water partition coefficient (Wildman–Crippen LogP) is 3.77. The normalized spacial score (nSPS) is 16.5. The van der Waals surface area contributed by atoms with Gasteiger partial charge >= 0.3 is 0 Å². The number of carbonyl (C=O) groups excluding carboxylic acids is 1. The van der Waals surface area contributed by atoms with Crippen molar-refractivity contribution in [3.8, 4) is 11.5 Å². The molecule has 0 N–H and O–H groups in total. The largest absolute Gasteiger partial charge is 0.493 e. The first kappa shape index (κ1) is 16.4. The first-order chi connectivity index (χ1) is 11.5. The van der Waals surface area contributed by atoms with E-state index in [4.69, 9.17) is 9.47 Å². The molecule has 4 heteroatoms. The third-order valence-electron chi connectivity index (χ3n) is 4.74. The van der Waals surface area contributed by atoms with Gasteiger partial charge in [0.05, 0.1) is 20.3 Å². The zero-order valence-electron chi connectivity index (χ0n) is 14.6. The van der Waals surface area contributed by atoms with Crippen molar-refractivity contribution in [2.45, 2.75) is 26.3 Å². The van der Waals surface area contributed by atoms with Crippen molar-refractivity contribution in [2.24, 2.45) is 0 Å². The summed E-state index contributed by atoms with van der Waals surface area (Å²) in [6.07, 6.45) is 0.817. The van der Waals surface area contributed by atoms with E-state index in [1.54, 1.807) is 14.2 Å². The molecule has 126 valence electrons. The van der Waals surface area contributed by atoms with E-state index in [9.17, 15) is 4.79 Å². The summed E-state index contributed by atoms with van der Waals surface area (Å²) in [6.45, 7) is 4.79. The Morgan fingerprint density at radius 3 is 2.33 bits per heavy atom. The Labute approximate surface area is 143 Å². The summed E-state index contributed by atoms with van der Waals surface area (Å²) in [5.41, 5.74) is 4.23. The highest BCUT2D eigenvalue weighted by molar-refractivity contribution is 5.94. The summed E-state index contributed by atoms with van der Waals surface area (Å²) in [7, 11) is 3.27. The van der Waals surface area contributed by atoms with Crippen molar-refractivity contribution in [3.63, 3.8) is 0 Å². The number of aryl methyl sites for hydroxylation is 1. The molecule has 0 unspecified atom stereocenters. The maximum absolute atomic E-state index is 12.9. The number of hydrogen-bond donors (Lipinski definition) is 0. The van der Waals surface area contributed by atoms with Gasteiger partial charge in [-0.2, -0.15) is 0 Å². The van der Waals surface area contributed by atoms with Crippen LogP contribution < -0.4 is 9.47 Å². The quantitative estimate of drug-likeness (QED) is 0.862. The Kier molecular flexibility index (Phi) is 4.47. The standard InChI is InChI=1S/C20H23NO3/c1-13-5-7-15(8-6-13)20(22)21-10-9-16-11-18(23-3)19(24-4)12-17(16)14(21)2/h5-8,11-12,14H,9-10H2,1-4H3/t14-/m0/s1. The second-order valence-electron chi connectivity index (χ2n) is 6.20. The lowest BCUT2D eigenvalue weighted by molar-refractivity contribution is 0.0677. The van der Waals surface area contributed by atoms with Gasteiger partial charge < -0.3 is 14.4 Å². The molecule has 0 saturated heterocycles. The monoisotopic (exact) mass is 325 g/mol. The fourth-order valence-electron chi connectivity index (χ4n) is 3.28. The molecule has 1 amide bonds. The van der Waals surface area contributed by atoms with Crippen molar-refractivity contribution in [1.82, 2.24) is 4.90 Å². The van der Waals surface area contributed by atoms with Gasteiger partial charge in [0.1, 0.15) is 0 Å². The van der Waals surface area contributed by atoms with E-state index in [0.29, 0.717) is 12.3 Å². The fraction of sp³-hybridized carbons (Fsp3) is 0.350. The van der Waals surface area contributed by atoms with Crippen molar-refractivity contribution < 1.29 is 14.3 Å². The van der Waals surface area contributed by atoms with Crippen molar-refractivity contribution >= 4 is 5.91 Å². The number of fused-ring (bicyclic) bond motifs is 1. The van der Waals surface area contributed by atoms with Crippen LogP contribution in [-0.2, 0) is 6.42 Å². The van der Waals surface area contributed by atoms with Gasteiger partial charge in [-0.1, -0.05) is 17.7 Å². The molecule has 4 nitrogen and oxygen atoms in total. The average molecular weight is 325 g/mol. The Morgan fingerprint density at radius 1 is 1.08 bits per heavy atom. The van der Waals surface area contributed by atoms with Gasteiger partial charge in [0, 0.05) is 12.1 Å². The second-order valence-corrected chi connectivity index (χ2v) is 6.20. The summed E-state index contributed by atoms with van der Waals surface area (Å²) in [4.78, 5) is 14.8. The molecular formula is C20H23NO3. The Hall–Kier alpha value is -2.49. The van der Waals surface area contributed by atoms with E-state index in [2.05, 4.69) is 6.92 Å². The van der Waals surface area contributed by atoms with E-state index < -0.39 is 0 Å². The zero-order valence-corrected chi connectivity index (χ0v) is 14.6. The lowest BCUT2D eigenvalue weighted by atomic mass is 9.92. The highest BCUT2D eigenvalue weighted by atomic mass is 16.5. The summed E-state index contributed by atoms with van der Waals surface area (Å²) in [5.74, 6) is 1.51. The smallest absolute Gasteiger partial charge is 0.254 e. The highest BCUT2D eigenvalue weighted by Gasteiger charge is 2.29. The average Bonchev–Trinajstić information content (AvgIpc) is 2.61. The van der Waals surface area contributed by atoms with Crippen LogP contribution in [0.15, 0.2) is 36.4 Å². The number of hydrogen-bond acceptors (Lipinski definition) is 3. The van der Waals surface area contributed by atoms with Gasteiger partial charge in [-0.3, -0.25) is 4.79 Å². The fourth-order valence-corrected chi connectivity index (χ4v) is 3.28. The number of nitrogens with zero attached hydrogens (tertiary/aromatic N) is 1. The van der Waals surface area contributed by atoms with Gasteiger partial charge in [0.2, 0.25) is 0 Å². The molecular weight excluding hydrogens is 302 g/mol. The maximum atomic E-state index is 12.9. The first-order valence-corrected chi connectivity index (χ1v) is 8.17. The van der Waals surface area contributed by atoms with Gasteiger partial charge in [0.15, 0.2) is 11.5 Å². The number of benzene rings is 2. The third-order valence-corrected chi connectivity index (χ3v) is 4.74. The van der Waals surface area contributed by atoms with Crippen molar-refractivity contribution in [3.05, 3.63) is 58.7 Å². The summed E-state index contributed by atoms with van der Waals surface area (Å²) in [5, 5.41) is 0. The number of methoxy groups -OCH3 is 2. The molecule has 0 aromatic heterocycles. The van der Waals surface area contributed by atoms with Crippen LogP contribution in [0.3, 0.4) is 0 Å². The van der Waals surface area contributed by atoms with Gasteiger partial charge in [0.25, 0.3) is 5.91 Å². The maximum Gasteiger partial charge on any atom is 0.254 e. The molecule has 0 saturated carbocycles. The molecule has 0 fully saturated rings. The van der Waals surface area contributed by atoms with Gasteiger partial charge in [-0.25, -0.2) is 0 Å². The van der Waals surface area contributed by atoms with E-state index in [1.165, 1.54) is 5.56 Å². The van der Waals surface area contributed by atoms with Crippen LogP contribution in [0.2, 0.25) is 0 Å². The number of amides is 1. The number of rotatable bonds is 3. The van der Waals surface area contributed by atoms with E-state index >= 15 is 0 Å². The van der Waals surface area contributed by atoms with E-state index in [0.717, 1.165) is 28.9 Å². The summed E-state index contributed by atoms with van der Waals surface area (Å²) < 4.78 is 10.8. The third kappa shape index (κ3) is 2.84. The van der Waals surface area contributed by atoms with Crippen molar-refractivity contribution in [2.75, 3.05) is 20.8 Å². The Balaban J connectivity index is 1.92. The van der Waals surface area contributed by atoms with Gasteiger partial charge in [-0.15, -0.1) is 0 Å². The van der Waals surface area contributed by atoms with Crippen LogP contribution in [0.5, 0.6) is 11.5 Å². The van der Waals surface area contributed by atoms with Crippen LogP contribution >= 0.6 is 0 Å². The molecule has 2 aromatic rings. The molecule has 0 spiro atoms. The lowest BCUT2D eigenvalue weighted by Gasteiger charge is -2.36. The molecule has 1 heterocycles. The van der Waals surface area contributed by atoms with Crippen molar-refractivity contribution in [1.29, 1.82) is 0 Å². The molecule has 3 rings (SSSR count). The number of carbonyl (C=O) groups is 1. The lowest BCUT2D eigenvalue weighted by Crippen LogP contribution is -2.38. The van der Waals surface area contributed by atoms with E-state index in [-0.39, 0.29) is 11.9 Å². The van der Waals surface area contributed by atoms with Crippen LogP contribution in [-0.4, -0.2) is 31.6 Å². The van der Waals surface area contributed by atoms with Crippen LogP contribution in [0.25, 0.3) is 0 Å². The molecule has 1 aliphatic rings. The molecule has 1 aliphatic heterocycles. The van der Waals surface area contributed by atoms with Crippen LogP contribution in [0.1, 0.15) is 40.0 Å². The topological polar surface area (TPSA) is 38.8 Å². The van der Waals surface area contributed by atoms with Crippen LogP contribution in [0.4, 0.5) is 0 Å². The summed E-state index contributed by atoms with van der Waals surface area (Å²) in [6, 6.07) is 11.8. The molecule has 0 radical (unpaired) electrons. The van der Waals surface area contributed by atoms with Crippen LogP contribution in [0, 0.1) is 6.92 Å². The molecule has 2 aromatic carbocycles. The highest BCUT2D eigenvalue weighted by Crippen LogP contribution is 2.38. The Morgan fingerprint density at radius 2 is 1.71 bits per heavy atom. The summed E-state index contributed by atoms with van der Waals surface area (Å²) >= 11 is 0. The zero-order chi connectivity index (χ0) is 17.3. The Bertz CT molecular complexity index is 752.